The van der Waals surface area contributed by atoms with Crippen LogP contribution >= 0.6 is 0 Å². The number of halogens is 3. The van der Waals surface area contributed by atoms with Crippen LogP contribution in [0.2, 0.25) is 0 Å². The minimum atomic E-state index is -4.99. The van der Waals surface area contributed by atoms with Gasteiger partial charge >= 0.3 is 12.1 Å². The lowest BCUT2D eigenvalue weighted by atomic mass is 9.86. The monoisotopic (exact) mass is 331 g/mol. The van der Waals surface area contributed by atoms with Gasteiger partial charge in [0, 0.05) is 19.7 Å². The number of carbonyl (C=O) groups is 1. The van der Waals surface area contributed by atoms with Crippen molar-refractivity contribution in [3.63, 3.8) is 0 Å². The van der Waals surface area contributed by atoms with Gasteiger partial charge in [-0.2, -0.15) is 13.2 Å². The third kappa shape index (κ3) is 3.02. The van der Waals surface area contributed by atoms with Crippen LogP contribution in [0, 0.1) is 5.41 Å². The van der Waals surface area contributed by atoms with Crippen molar-refractivity contribution in [2.75, 3.05) is 25.4 Å². The van der Waals surface area contributed by atoms with E-state index in [0.29, 0.717) is 23.8 Å². The summed E-state index contributed by atoms with van der Waals surface area (Å²) in [6.45, 7) is -1.08. The smallest absolute Gasteiger partial charge is 0.406 e. The first-order chi connectivity index (χ1) is 9.58. The summed E-state index contributed by atoms with van der Waals surface area (Å²) in [6.07, 6.45) is -5.04. The molecule has 0 aromatic rings. The SMILES string of the molecule is O=C(O)C1(C(F)(F)F)CCN(S(=O)(=O)CC2CCCO2)C1. The molecule has 0 saturated carbocycles. The lowest BCUT2D eigenvalue weighted by Gasteiger charge is -2.27. The van der Waals surface area contributed by atoms with E-state index in [-0.39, 0.29) is 0 Å². The Balaban J connectivity index is 2.15. The zero-order valence-corrected chi connectivity index (χ0v) is 11.9. The summed E-state index contributed by atoms with van der Waals surface area (Å²) in [5.74, 6) is -2.44. The summed E-state index contributed by atoms with van der Waals surface area (Å²) in [6, 6.07) is 0. The molecule has 2 fully saturated rings. The van der Waals surface area contributed by atoms with Crippen LogP contribution in [0.4, 0.5) is 13.2 Å². The lowest BCUT2D eigenvalue weighted by molar-refractivity contribution is -0.226. The number of sulfonamides is 1. The first-order valence-electron chi connectivity index (χ1n) is 6.48. The second kappa shape index (κ2) is 5.40. The Morgan fingerprint density at radius 3 is 2.52 bits per heavy atom. The summed E-state index contributed by atoms with van der Waals surface area (Å²) >= 11 is 0. The van der Waals surface area contributed by atoms with E-state index < -0.39 is 59.0 Å². The molecule has 2 aliphatic heterocycles. The van der Waals surface area contributed by atoms with Gasteiger partial charge in [0.05, 0.1) is 11.9 Å². The van der Waals surface area contributed by atoms with E-state index in [9.17, 15) is 26.4 Å². The van der Waals surface area contributed by atoms with Gasteiger partial charge in [-0.25, -0.2) is 12.7 Å². The summed E-state index contributed by atoms with van der Waals surface area (Å²) in [5, 5.41) is 8.90. The van der Waals surface area contributed by atoms with Gasteiger partial charge in [0.25, 0.3) is 0 Å². The van der Waals surface area contributed by atoms with Crippen LogP contribution in [-0.4, -0.2) is 61.5 Å². The van der Waals surface area contributed by atoms with Crippen molar-refractivity contribution in [1.82, 2.24) is 4.31 Å². The highest BCUT2D eigenvalue weighted by Crippen LogP contribution is 2.46. The third-order valence-electron chi connectivity index (χ3n) is 4.00. The van der Waals surface area contributed by atoms with Crippen LogP contribution in [0.5, 0.6) is 0 Å². The maximum atomic E-state index is 13.0. The highest BCUT2D eigenvalue weighted by atomic mass is 32.2. The Morgan fingerprint density at radius 2 is 2.10 bits per heavy atom. The quantitative estimate of drug-likeness (QED) is 0.825. The molecule has 1 N–H and O–H groups in total. The first-order valence-corrected chi connectivity index (χ1v) is 8.09. The second-order valence-electron chi connectivity index (χ2n) is 5.38. The molecule has 2 heterocycles. The molecule has 0 aromatic carbocycles. The molecule has 2 aliphatic rings. The van der Waals surface area contributed by atoms with Gasteiger partial charge in [0.15, 0.2) is 5.41 Å². The van der Waals surface area contributed by atoms with Crippen LogP contribution in [0.15, 0.2) is 0 Å². The fraction of sp³-hybridized carbons (Fsp3) is 0.909. The van der Waals surface area contributed by atoms with Gasteiger partial charge in [-0.15, -0.1) is 0 Å². The van der Waals surface area contributed by atoms with Crippen LogP contribution in [0.3, 0.4) is 0 Å². The van der Waals surface area contributed by atoms with Crippen molar-refractivity contribution < 1.29 is 36.2 Å². The van der Waals surface area contributed by atoms with Crippen LogP contribution < -0.4 is 0 Å². The van der Waals surface area contributed by atoms with E-state index in [4.69, 9.17) is 9.84 Å². The molecule has 0 aromatic heterocycles. The summed E-state index contributed by atoms with van der Waals surface area (Å²) in [5.41, 5.74) is -3.02. The van der Waals surface area contributed by atoms with Crippen molar-refractivity contribution >= 4 is 16.0 Å². The van der Waals surface area contributed by atoms with Crippen LogP contribution in [0.1, 0.15) is 19.3 Å². The molecule has 0 amide bonds. The number of rotatable bonds is 4. The molecule has 0 radical (unpaired) electrons. The molecule has 2 unspecified atom stereocenters. The topological polar surface area (TPSA) is 83.9 Å². The first kappa shape index (κ1) is 16.5. The standard InChI is InChI=1S/C11H16F3NO5S/c12-11(13,14)10(9(16)17)3-4-15(7-10)21(18,19)6-8-2-1-5-20-8/h8H,1-7H2,(H,16,17). The van der Waals surface area contributed by atoms with E-state index in [1.807, 2.05) is 0 Å². The highest BCUT2D eigenvalue weighted by molar-refractivity contribution is 7.89. The predicted octanol–water partition coefficient (Wildman–Crippen LogP) is 0.834. The molecule has 2 rings (SSSR count). The number of hydrogen-bond acceptors (Lipinski definition) is 4. The number of ether oxygens (including phenoxy) is 1. The zero-order valence-electron chi connectivity index (χ0n) is 11.1. The Labute approximate surface area is 119 Å². The van der Waals surface area contributed by atoms with Crippen molar-refractivity contribution in [3.05, 3.63) is 0 Å². The average Bonchev–Trinajstić information content (AvgIpc) is 2.94. The van der Waals surface area contributed by atoms with Gasteiger partial charge in [-0.05, 0) is 19.3 Å². The van der Waals surface area contributed by atoms with Gasteiger partial charge in [0.2, 0.25) is 10.0 Å². The van der Waals surface area contributed by atoms with E-state index >= 15 is 0 Å². The van der Waals surface area contributed by atoms with Crippen LogP contribution in [0.25, 0.3) is 0 Å². The highest BCUT2D eigenvalue weighted by Gasteiger charge is 2.64. The maximum absolute atomic E-state index is 13.0. The molecule has 10 heteroatoms. The van der Waals surface area contributed by atoms with Crippen molar-refractivity contribution in [2.24, 2.45) is 5.41 Å². The molecule has 6 nitrogen and oxygen atoms in total. The Kier molecular flexibility index (Phi) is 4.24. The molecule has 122 valence electrons. The minimum Gasteiger partial charge on any atom is -0.481 e. The molecule has 21 heavy (non-hydrogen) atoms. The second-order valence-corrected chi connectivity index (χ2v) is 7.40. The number of carboxylic acid groups (broad SMARTS) is 1. The van der Waals surface area contributed by atoms with Crippen LogP contribution in [-0.2, 0) is 19.6 Å². The van der Waals surface area contributed by atoms with E-state index in [2.05, 4.69) is 0 Å². The fourth-order valence-electron chi connectivity index (χ4n) is 2.66. The predicted molar refractivity (Wildman–Crippen MR) is 65.1 cm³/mol. The number of aliphatic carboxylic acids is 1. The molecule has 2 atom stereocenters. The number of nitrogens with zero attached hydrogens (tertiary/aromatic N) is 1. The molecule has 0 spiro atoms. The Hall–Kier alpha value is -0.870. The zero-order chi connectivity index (χ0) is 15.9. The van der Waals surface area contributed by atoms with Gasteiger partial charge in [-0.1, -0.05) is 0 Å². The molecule has 0 bridgehead atoms. The summed E-state index contributed by atoms with van der Waals surface area (Å²) in [7, 11) is -3.96. The maximum Gasteiger partial charge on any atom is 0.406 e. The Morgan fingerprint density at radius 1 is 1.43 bits per heavy atom. The fourth-order valence-corrected chi connectivity index (χ4v) is 4.39. The molecular weight excluding hydrogens is 315 g/mol. The van der Waals surface area contributed by atoms with Crippen molar-refractivity contribution in [1.29, 1.82) is 0 Å². The minimum absolute atomic E-state index is 0.402. The van der Waals surface area contributed by atoms with Gasteiger partial charge in [-0.3, -0.25) is 4.79 Å². The number of alkyl halides is 3. The average molecular weight is 331 g/mol. The summed E-state index contributed by atoms with van der Waals surface area (Å²) < 4.78 is 69.0. The van der Waals surface area contributed by atoms with Gasteiger partial charge in [0.1, 0.15) is 0 Å². The van der Waals surface area contributed by atoms with E-state index in [0.717, 1.165) is 0 Å². The van der Waals surface area contributed by atoms with Crippen molar-refractivity contribution in [2.45, 2.75) is 31.5 Å². The largest absolute Gasteiger partial charge is 0.481 e. The Bertz CT molecular complexity index is 514. The molecule has 0 aliphatic carbocycles. The molecule has 2 saturated heterocycles. The lowest BCUT2D eigenvalue weighted by Crippen LogP contribution is -2.48. The molecular formula is C11H16F3NO5S. The summed E-state index contributed by atoms with van der Waals surface area (Å²) in [4.78, 5) is 11.0. The normalized spacial score (nSPS) is 31.7. The van der Waals surface area contributed by atoms with E-state index in [1.165, 1.54) is 0 Å². The number of hydrogen-bond donors (Lipinski definition) is 1. The van der Waals surface area contributed by atoms with Gasteiger partial charge < -0.3 is 9.84 Å². The third-order valence-corrected chi connectivity index (χ3v) is 5.89. The van der Waals surface area contributed by atoms with E-state index in [1.54, 1.807) is 0 Å². The number of carboxylic acids is 1. The van der Waals surface area contributed by atoms with Crippen molar-refractivity contribution in [3.8, 4) is 0 Å².